The predicted molar refractivity (Wildman–Crippen MR) is 85.7 cm³/mol. The van der Waals surface area contributed by atoms with Crippen molar-refractivity contribution < 1.29 is 4.74 Å². The number of benzene rings is 2. The molecule has 3 heteroatoms. The van der Waals surface area contributed by atoms with Crippen molar-refractivity contribution in [3.8, 4) is 5.75 Å². The number of hydrogen-bond donors (Lipinski definition) is 1. The zero-order chi connectivity index (χ0) is 14.4. The Balaban J connectivity index is 2.05. The number of anilines is 1. The summed E-state index contributed by atoms with van der Waals surface area (Å²) in [6.07, 6.45) is 1.01. The van der Waals surface area contributed by atoms with Crippen molar-refractivity contribution >= 4 is 17.3 Å². The summed E-state index contributed by atoms with van der Waals surface area (Å²) in [6.45, 7) is 4.96. The molecule has 0 amide bonds. The van der Waals surface area contributed by atoms with Crippen LogP contribution in [0.3, 0.4) is 0 Å². The average molecular weight is 290 g/mol. The van der Waals surface area contributed by atoms with E-state index >= 15 is 0 Å². The molecule has 0 bridgehead atoms. The quantitative estimate of drug-likeness (QED) is 0.779. The molecule has 2 nitrogen and oxygen atoms in total. The van der Waals surface area contributed by atoms with E-state index in [1.165, 1.54) is 0 Å². The van der Waals surface area contributed by atoms with E-state index in [4.69, 9.17) is 16.3 Å². The van der Waals surface area contributed by atoms with Gasteiger partial charge in [-0.1, -0.05) is 36.7 Å². The lowest BCUT2D eigenvalue weighted by molar-refractivity contribution is 0.317. The van der Waals surface area contributed by atoms with Crippen LogP contribution in [0.1, 0.15) is 31.9 Å². The summed E-state index contributed by atoms with van der Waals surface area (Å²) in [5.74, 6) is 0.898. The molecule has 0 aliphatic carbocycles. The Labute approximate surface area is 125 Å². The van der Waals surface area contributed by atoms with Crippen LogP contribution in [-0.4, -0.2) is 6.61 Å². The van der Waals surface area contributed by atoms with Crippen LogP contribution < -0.4 is 10.1 Å². The Kier molecular flexibility index (Phi) is 5.31. The Bertz CT molecular complexity index is 556. The van der Waals surface area contributed by atoms with Crippen LogP contribution in [-0.2, 0) is 0 Å². The Morgan fingerprint density at radius 2 is 1.95 bits per heavy atom. The minimum Gasteiger partial charge on any atom is -0.494 e. The maximum atomic E-state index is 6.03. The van der Waals surface area contributed by atoms with Gasteiger partial charge >= 0.3 is 0 Å². The molecule has 0 heterocycles. The molecule has 1 unspecified atom stereocenters. The van der Waals surface area contributed by atoms with Crippen LogP contribution in [0.2, 0.25) is 5.02 Å². The van der Waals surface area contributed by atoms with E-state index < -0.39 is 0 Å². The second-order valence-electron chi connectivity index (χ2n) is 4.80. The molecule has 1 N–H and O–H groups in total. The van der Waals surface area contributed by atoms with Crippen molar-refractivity contribution in [2.75, 3.05) is 11.9 Å². The summed E-state index contributed by atoms with van der Waals surface area (Å²) in [7, 11) is 0. The molecule has 0 radical (unpaired) electrons. The largest absolute Gasteiger partial charge is 0.494 e. The van der Waals surface area contributed by atoms with Crippen molar-refractivity contribution in [3.05, 3.63) is 59.1 Å². The molecule has 2 aromatic rings. The van der Waals surface area contributed by atoms with Gasteiger partial charge in [-0.15, -0.1) is 0 Å². The number of rotatable bonds is 6. The fourth-order valence-corrected chi connectivity index (χ4v) is 2.20. The van der Waals surface area contributed by atoms with E-state index in [1.807, 2.05) is 42.5 Å². The number of halogens is 1. The van der Waals surface area contributed by atoms with E-state index in [0.717, 1.165) is 35.1 Å². The molecule has 0 fully saturated rings. The van der Waals surface area contributed by atoms with Crippen LogP contribution >= 0.6 is 11.6 Å². The van der Waals surface area contributed by atoms with Crippen LogP contribution in [0.5, 0.6) is 5.75 Å². The van der Waals surface area contributed by atoms with Gasteiger partial charge in [0.2, 0.25) is 0 Å². The number of hydrogen-bond acceptors (Lipinski definition) is 2. The highest BCUT2D eigenvalue weighted by Gasteiger charge is 2.06. The molecular formula is C17H20ClNO. The second-order valence-corrected chi connectivity index (χ2v) is 5.23. The molecule has 2 rings (SSSR count). The number of nitrogens with one attached hydrogen (secondary N) is 1. The smallest absolute Gasteiger partial charge is 0.121 e. The lowest BCUT2D eigenvalue weighted by Crippen LogP contribution is -2.06. The SMILES string of the molecule is CCCOc1cccc(NC(C)c2cccc(Cl)c2)c1. The molecule has 2 aromatic carbocycles. The third kappa shape index (κ3) is 4.17. The molecule has 1 atom stereocenters. The maximum Gasteiger partial charge on any atom is 0.121 e. The van der Waals surface area contributed by atoms with Gasteiger partial charge in [-0.25, -0.2) is 0 Å². The van der Waals surface area contributed by atoms with Gasteiger partial charge in [0, 0.05) is 22.8 Å². The summed E-state index contributed by atoms with van der Waals surface area (Å²) < 4.78 is 5.64. The summed E-state index contributed by atoms with van der Waals surface area (Å²) >= 11 is 6.03. The number of ether oxygens (including phenoxy) is 1. The zero-order valence-electron chi connectivity index (χ0n) is 11.9. The molecule has 0 saturated carbocycles. The lowest BCUT2D eigenvalue weighted by Gasteiger charge is -2.16. The molecular weight excluding hydrogens is 270 g/mol. The summed E-state index contributed by atoms with van der Waals surface area (Å²) in [5.41, 5.74) is 2.21. The lowest BCUT2D eigenvalue weighted by atomic mass is 10.1. The van der Waals surface area contributed by atoms with Gasteiger partial charge in [-0.3, -0.25) is 0 Å². The van der Waals surface area contributed by atoms with Crippen molar-refractivity contribution in [2.45, 2.75) is 26.3 Å². The average Bonchev–Trinajstić information content (AvgIpc) is 2.45. The minimum absolute atomic E-state index is 0.190. The monoisotopic (exact) mass is 289 g/mol. The first-order valence-corrected chi connectivity index (χ1v) is 7.31. The van der Waals surface area contributed by atoms with Crippen molar-refractivity contribution in [3.63, 3.8) is 0 Å². The van der Waals surface area contributed by atoms with Crippen molar-refractivity contribution in [2.24, 2.45) is 0 Å². The second kappa shape index (κ2) is 7.20. The van der Waals surface area contributed by atoms with Crippen LogP contribution in [0.15, 0.2) is 48.5 Å². The van der Waals surface area contributed by atoms with Gasteiger partial charge in [0.05, 0.1) is 6.61 Å². The van der Waals surface area contributed by atoms with Gasteiger partial charge in [0.1, 0.15) is 5.75 Å². The van der Waals surface area contributed by atoms with Gasteiger partial charge in [-0.2, -0.15) is 0 Å². The fourth-order valence-electron chi connectivity index (χ4n) is 2.00. The van der Waals surface area contributed by atoms with Gasteiger partial charge in [-0.05, 0) is 43.2 Å². The summed E-state index contributed by atoms with van der Waals surface area (Å²) in [6, 6.07) is 16.1. The van der Waals surface area contributed by atoms with Crippen molar-refractivity contribution in [1.82, 2.24) is 0 Å². The Morgan fingerprint density at radius 3 is 2.70 bits per heavy atom. The first-order chi connectivity index (χ1) is 9.69. The first kappa shape index (κ1) is 14.7. The van der Waals surface area contributed by atoms with E-state index in [-0.39, 0.29) is 6.04 Å². The van der Waals surface area contributed by atoms with E-state index in [2.05, 4.69) is 25.2 Å². The molecule has 20 heavy (non-hydrogen) atoms. The maximum absolute atomic E-state index is 6.03. The van der Waals surface area contributed by atoms with Crippen LogP contribution in [0.4, 0.5) is 5.69 Å². The molecule has 0 aromatic heterocycles. The summed E-state index contributed by atoms with van der Waals surface area (Å²) in [4.78, 5) is 0. The molecule has 0 saturated heterocycles. The van der Waals surface area contributed by atoms with E-state index in [0.29, 0.717) is 0 Å². The van der Waals surface area contributed by atoms with E-state index in [9.17, 15) is 0 Å². The topological polar surface area (TPSA) is 21.3 Å². The zero-order valence-corrected chi connectivity index (χ0v) is 12.7. The third-order valence-corrected chi connectivity index (χ3v) is 3.27. The van der Waals surface area contributed by atoms with Crippen LogP contribution in [0, 0.1) is 0 Å². The normalized spacial score (nSPS) is 11.9. The molecule has 0 spiro atoms. The minimum atomic E-state index is 0.190. The highest BCUT2D eigenvalue weighted by molar-refractivity contribution is 6.30. The van der Waals surface area contributed by atoms with Gasteiger partial charge in [0.15, 0.2) is 0 Å². The Morgan fingerprint density at radius 1 is 1.15 bits per heavy atom. The van der Waals surface area contributed by atoms with Gasteiger partial charge in [0.25, 0.3) is 0 Å². The highest BCUT2D eigenvalue weighted by atomic mass is 35.5. The highest BCUT2D eigenvalue weighted by Crippen LogP contribution is 2.24. The summed E-state index contributed by atoms with van der Waals surface area (Å²) in [5, 5.41) is 4.22. The molecule has 0 aliphatic heterocycles. The van der Waals surface area contributed by atoms with E-state index in [1.54, 1.807) is 0 Å². The van der Waals surface area contributed by atoms with Crippen LogP contribution in [0.25, 0.3) is 0 Å². The Hall–Kier alpha value is -1.67. The first-order valence-electron chi connectivity index (χ1n) is 6.94. The predicted octanol–water partition coefficient (Wildman–Crippen LogP) is 5.30. The fraction of sp³-hybridized carbons (Fsp3) is 0.294. The third-order valence-electron chi connectivity index (χ3n) is 3.04. The molecule has 0 aliphatic rings. The standard InChI is InChI=1S/C17H20ClNO/c1-3-10-20-17-9-5-8-16(12-17)19-13(2)14-6-4-7-15(18)11-14/h4-9,11-13,19H,3,10H2,1-2H3. The van der Waals surface area contributed by atoms with Gasteiger partial charge < -0.3 is 10.1 Å². The van der Waals surface area contributed by atoms with Crippen molar-refractivity contribution in [1.29, 1.82) is 0 Å². The molecule has 106 valence electrons.